The molecule has 3 aliphatic rings. The Morgan fingerprint density at radius 1 is 1.25 bits per heavy atom. The van der Waals surface area contributed by atoms with Gasteiger partial charge in [0.05, 0.1) is 6.10 Å². The Morgan fingerprint density at radius 3 is 2.75 bits per heavy atom. The molecule has 2 bridgehead atoms. The number of carbonyl (C=O) groups excluding carboxylic acids is 2. The molecule has 0 spiro atoms. The minimum absolute atomic E-state index is 0.0761. The van der Waals surface area contributed by atoms with Crippen LogP contribution in [0, 0.1) is 17.8 Å². The number of aliphatic hydroxyl groups excluding tert-OH is 1. The molecule has 1 aliphatic heterocycles. The summed E-state index contributed by atoms with van der Waals surface area (Å²) in [6.07, 6.45) is 6.36. The second-order valence-corrected chi connectivity index (χ2v) is 7.82. The molecule has 3 rings (SSSR count). The van der Waals surface area contributed by atoms with Gasteiger partial charge in [0.2, 0.25) is 11.8 Å². The molecule has 2 aliphatic carbocycles. The molecule has 0 aromatic carbocycles. The number of amides is 2. The summed E-state index contributed by atoms with van der Waals surface area (Å²) in [7, 11) is 0. The Hall–Kier alpha value is -1.14. The number of hydrogen-bond donors (Lipinski definition) is 2. The van der Waals surface area contributed by atoms with E-state index in [0.29, 0.717) is 19.0 Å². The zero-order chi connectivity index (χ0) is 17.1. The van der Waals surface area contributed by atoms with Gasteiger partial charge in [-0.15, -0.1) is 0 Å². The van der Waals surface area contributed by atoms with Crippen LogP contribution >= 0.6 is 0 Å². The van der Waals surface area contributed by atoms with Crippen LogP contribution in [0.25, 0.3) is 0 Å². The van der Waals surface area contributed by atoms with E-state index in [1.807, 2.05) is 0 Å². The van der Waals surface area contributed by atoms with Crippen molar-refractivity contribution in [1.82, 2.24) is 10.2 Å². The van der Waals surface area contributed by atoms with E-state index in [9.17, 15) is 14.7 Å². The highest BCUT2D eigenvalue weighted by molar-refractivity contribution is 5.79. The lowest BCUT2D eigenvalue weighted by Gasteiger charge is -2.30. The van der Waals surface area contributed by atoms with Crippen LogP contribution in [0.5, 0.6) is 0 Å². The first kappa shape index (κ1) is 17.7. The van der Waals surface area contributed by atoms with Gasteiger partial charge in [0, 0.05) is 19.1 Å². The van der Waals surface area contributed by atoms with Gasteiger partial charge in [-0.1, -0.05) is 6.42 Å². The zero-order valence-corrected chi connectivity index (χ0v) is 14.6. The van der Waals surface area contributed by atoms with Gasteiger partial charge >= 0.3 is 0 Å². The number of β-amino-alcohol motifs (C(OH)–C–C–N with tert-alkyl or cyclic N) is 1. The summed E-state index contributed by atoms with van der Waals surface area (Å²) in [5.74, 6) is 1.95. The number of nitrogens with zero attached hydrogens (tertiary/aromatic N) is 1. The Bertz CT molecular complexity index is 470. The number of rotatable bonds is 6. The van der Waals surface area contributed by atoms with Crippen molar-refractivity contribution in [2.75, 3.05) is 26.3 Å². The minimum Gasteiger partial charge on any atom is -0.391 e. The predicted molar refractivity (Wildman–Crippen MR) is 89.2 cm³/mol. The smallest absolute Gasteiger partial charge is 0.248 e. The van der Waals surface area contributed by atoms with Crippen molar-refractivity contribution in [2.24, 2.45) is 17.8 Å². The van der Waals surface area contributed by atoms with E-state index in [2.05, 4.69) is 12.2 Å². The maximum absolute atomic E-state index is 12.0. The molecular formula is C18H30N2O4. The van der Waals surface area contributed by atoms with Crippen LogP contribution in [-0.2, 0) is 14.3 Å². The third-order valence-corrected chi connectivity index (χ3v) is 6.03. The fraction of sp³-hybridized carbons (Fsp3) is 0.889. The van der Waals surface area contributed by atoms with E-state index in [4.69, 9.17) is 4.74 Å². The average molecular weight is 338 g/mol. The number of piperidine rings is 1. The van der Waals surface area contributed by atoms with E-state index in [-0.39, 0.29) is 31.1 Å². The standard InChI is InChI=1S/C18H30N2O4/c1-12(16-8-13-4-5-14(16)7-13)19-17(22)10-24-11-18(23)20-6-2-3-15(21)9-20/h12-16,21H,2-11H2,1H3,(H,19,22)/t12-,13-,14-,15-,16-/m0/s1. The fourth-order valence-electron chi connectivity index (χ4n) is 4.81. The van der Waals surface area contributed by atoms with Crippen molar-refractivity contribution in [2.45, 2.75) is 57.6 Å². The number of ether oxygens (including phenoxy) is 1. The van der Waals surface area contributed by atoms with Gasteiger partial charge in [-0.05, 0) is 56.8 Å². The van der Waals surface area contributed by atoms with Crippen LogP contribution in [0.15, 0.2) is 0 Å². The summed E-state index contributed by atoms with van der Waals surface area (Å²) in [6, 6.07) is 0.185. The Balaban J connectivity index is 1.33. The summed E-state index contributed by atoms with van der Waals surface area (Å²) in [4.78, 5) is 25.6. The molecule has 24 heavy (non-hydrogen) atoms. The minimum atomic E-state index is -0.436. The molecule has 3 fully saturated rings. The second-order valence-electron chi connectivity index (χ2n) is 7.82. The first-order chi connectivity index (χ1) is 11.5. The summed E-state index contributed by atoms with van der Waals surface area (Å²) >= 11 is 0. The quantitative estimate of drug-likeness (QED) is 0.755. The van der Waals surface area contributed by atoms with Crippen molar-refractivity contribution >= 4 is 11.8 Å². The third-order valence-electron chi connectivity index (χ3n) is 6.03. The van der Waals surface area contributed by atoms with E-state index in [1.165, 1.54) is 25.7 Å². The Labute approximate surface area is 143 Å². The molecule has 0 aromatic heterocycles. The fourth-order valence-corrected chi connectivity index (χ4v) is 4.81. The molecule has 2 saturated carbocycles. The van der Waals surface area contributed by atoms with Gasteiger partial charge in [0.25, 0.3) is 0 Å². The lowest BCUT2D eigenvalue weighted by molar-refractivity contribution is -0.141. The lowest BCUT2D eigenvalue weighted by atomic mass is 9.84. The van der Waals surface area contributed by atoms with Gasteiger partial charge in [-0.3, -0.25) is 9.59 Å². The normalized spacial score (nSPS) is 33.5. The van der Waals surface area contributed by atoms with Gasteiger partial charge in [0.15, 0.2) is 0 Å². The Kier molecular flexibility index (Phi) is 5.76. The summed E-state index contributed by atoms with van der Waals surface area (Å²) in [5.41, 5.74) is 0. The van der Waals surface area contributed by atoms with Crippen LogP contribution in [0.2, 0.25) is 0 Å². The molecular weight excluding hydrogens is 308 g/mol. The maximum Gasteiger partial charge on any atom is 0.248 e. The monoisotopic (exact) mass is 338 g/mol. The van der Waals surface area contributed by atoms with Gasteiger partial charge < -0.3 is 20.1 Å². The summed E-state index contributed by atoms with van der Waals surface area (Å²) in [6.45, 7) is 2.95. The Morgan fingerprint density at radius 2 is 2.08 bits per heavy atom. The highest BCUT2D eigenvalue weighted by Gasteiger charge is 2.42. The SMILES string of the molecule is C[C@H](NC(=O)COCC(=O)N1CCC[C@H](O)C1)[C@@H]1C[C@H]2CC[C@H]1C2. The number of carbonyl (C=O) groups is 2. The predicted octanol–water partition coefficient (Wildman–Crippen LogP) is 0.927. The van der Waals surface area contributed by atoms with Crippen LogP contribution in [-0.4, -0.2) is 60.3 Å². The molecule has 5 atom stereocenters. The molecule has 0 unspecified atom stereocenters. The molecule has 6 nitrogen and oxygen atoms in total. The zero-order valence-electron chi connectivity index (χ0n) is 14.6. The molecule has 0 radical (unpaired) electrons. The first-order valence-electron chi connectivity index (χ1n) is 9.36. The molecule has 0 aromatic rings. The number of nitrogens with one attached hydrogen (secondary N) is 1. The topological polar surface area (TPSA) is 78.9 Å². The maximum atomic E-state index is 12.0. The lowest BCUT2D eigenvalue weighted by Crippen LogP contribution is -2.45. The second kappa shape index (κ2) is 7.83. The van der Waals surface area contributed by atoms with Crippen LogP contribution < -0.4 is 5.32 Å². The number of likely N-dealkylation sites (tertiary alicyclic amines) is 1. The molecule has 6 heteroatoms. The molecule has 1 heterocycles. The number of aliphatic hydroxyl groups is 1. The van der Waals surface area contributed by atoms with E-state index in [1.54, 1.807) is 4.90 Å². The molecule has 1 saturated heterocycles. The van der Waals surface area contributed by atoms with Crippen molar-refractivity contribution in [3.63, 3.8) is 0 Å². The molecule has 136 valence electrons. The van der Waals surface area contributed by atoms with E-state index < -0.39 is 6.10 Å². The van der Waals surface area contributed by atoms with Crippen molar-refractivity contribution < 1.29 is 19.4 Å². The van der Waals surface area contributed by atoms with E-state index in [0.717, 1.165) is 24.7 Å². The summed E-state index contributed by atoms with van der Waals surface area (Å²) < 4.78 is 5.29. The number of hydrogen-bond acceptors (Lipinski definition) is 4. The largest absolute Gasteiger partial charge is 0.391 e. The first-order valence-corrected chi connectivity index (χ1v) is 9.36. The van der Waals surface area contributed by atoms with Crippen LogP contribution in [0.1, 0.15) is 45.4 Å². The van der Waals surface area contributed by atoms with Gasteiger partial charge in [0.1, 0.15) is 13.2 Å². The van der Waals surface area contributed by atoms with Crippen LogP contribution in [0.4, 0.5) is 0 Å². The average Bonchev–Trinajstić information content (AvgIpc) is 3.17. The summed E-state index contributed by atoms with van der Waals surface area (Å²) in [5, 5.41) is 12.6. The third kappa shape index (κ3) is 4.28. The highest BCUT2D eigenvalue weighted by atomic mass is 16.5. The van der Waals surface area contributed by atoms with Crippen molar-refractivity contribution in [1.29, 1.82) is 0 Å². The highest BCUT2D eigenvalue weighted by Crippen LogP contribution is 2.49. The number of fused-ring (bicyclic) bond motifs is 2. The van der Waals surface area contributed by atoms with Gasteiger partial charge in [-0.2, -0.15) is 0 Å². The van der Waals surface area contributed by atoms with Crippen LogP contribution in [0.3, 0.4) is 0 Å². The van der Waals surface area contributed by atoms with Crippen molar-refractivity contribution in [3.8, 4) is 0 Å². The molecule has 2 N–H and O–H groups in total. The van der Waals surface area contributed by atoms with Crippen molar-refractivity contribution in [3.05, 3.63) is 0 Å². The van der Waals surface area contributed by atoms with E-state index >= 15 is 0 Å². The molecule has 2 amide bonds. The van der Waals surface area contributed by atoms with Gasteiger partial charge in [-0.25, -0.2) is 0 Å².